The molecule has 0 saturated heterocycles. The molecule has 1 saturated carbocycles. The van der Waals surface area contributed by atoms with E-state index in [1.807, 2.05) is 0 Å². The summed E-state index contributed by atoms with van der Waals surface area (Å²) in [6.07, 6.45) is 10.8. The standard InChI is InChI=1S/C12H24O/c1-2-6-11(9-10-13)12-7-4-3-5-8-12/h11-13H,2-10H2,1H3/t11-/m1/s1. The van der Waals surface area contributed by atoms with Crippen molar-refractivity contribution in [1.29, 1.82) is 0 Å². The minimum atomic E-state index is 0.390. The van der Waals surface area contributed by atoms with E-state index in [1.54, 1.807) is 0 Å². The van der Waals surface area contributed by atoms with Crippen LogP contribution in [0, 0.1) is 11.8 Å². The molecule has 13 heavy (non-hydrogen) atoms. The highest BCUT2D eigenvalue weighted by molar-refractivity contribution is 4.73. The normalized spacial score (nSPS) is 21.7. The van der Waals surface area contributed by atoms with Gasteiger partial charge in [-0.25, -0.2) is 0 Å². The smallest absolute Gasteiger partial charge is 0.0433 e. The first-order valence-electron chi connectivity index (χ1n) is 5.99. The fraction of sp³-hybridized carbons (Fsp3) is 1.00. The Morgan fingerprint density at radius 1 is 1.15 bits per heavy atom. The first kappa shape index (κ1) is 11.0. The van der Waals surface area contributed by atoms with Gasteiger partial charge in [0, 0.05) is 6.61 Å². The van der Waals surface area contributed by atoms with Gasteiger partial charge >= 0.3 is 0 Å². The number of aliphatic hydroxyl groups is 1. The third-order valence-corrected chi connectivity index (χ3v) is 3.48. The predicted octanol–water partition coefficient (Wildman–Crippen LogP) is 3.37. The predicted molar refractivity (Wildman–Crippen MR) is 56.7 cm³/mol. The average molecular weight is 184 g/mol. The van der Waals surface area contributed by atoms with Gasteiger partial charge in [0.05, 0.1) is 0 Å². The van der Waals surface area contributed by atoms with Gasteiger partial charge in [-0.1, -0.05) is 51.9 Å². The van der Waals surface area contributed by atoms with Crippen molar-refractivity contribution in [3.05, 3.63) is 0 Å². The fourth-order valence-corrected chi connectivity index (χ4v) is 2.76. The van der Waals surface area contributed by atoms with Gasteiger partial charge in [0.1, 0.15) is 0 Å². The van der Waals surface area contributed by atoms with E-state index in [4.69, 9.17) is 5.11 Å². The van der Waals surface area contributed by atoms with Crippen LogP contribution in [0.2, 0.25) is 0 Å². The molecule has 0 radical (unpaired) electrons. The van der Waals surface area contributed by atoms with E-state index in [0.717, 1.165) is 18.3 Å². The molecule has 0 aromatic carbocycles. The summed E-state index contributed by atoms with van der Waals surface area (Å²) >= 11 is 0. The summed E-state index contributed by atoms with van der Waals surface area (Å²) in [6.45, 7) is 2.65. The summed E-state index contributed by atoms with van der Waals surface area (Å²) in [4.78, 5) is 0. The van der Waals surface area contributed by atoms with Crippen molar-refractivity contribution >= 4 is 0 Å². The number of rotatable bonds is 5. The van der Waals surface area contributed by atoms with E-state index in [0.29, 0.717) is 6.61 Å². The number of hydrogen-bond donors (Lipinski definition) is 1. The molecule has 1 N–H and O–H groups in total. The highest BCUT2D eigenvalue weighted by Gasteiger charge is 2.22. The monoisotopic (exact) mass is 184 g/mol. The van der Waals surface area contributed by atoms with Crippen LogP contribution >= 0.6 is 0 Å². The summed E-state index contributed by atoms with van der Waals surface area (Å²) in [5.74, 6) is 1.75. The lowest BCUT2D eigenvalue weighted by Crippen LogP contribution is -2.19. The lowest BCUT2D eigenvalue weighted by molar-refractivity contribution is 0.178. The third-order valence-electron chi connectivity index (χ3n) is 3.48. The van der Waals surface area contributed by atoms with E-state index >= 15 is 0 Å². The lowest BCUT2D eigenvalue weighted by Gasteiger charge is -2.29. The molecule has 1 heteroatoms. The Balaban J connectivity index is 2.32. The summed E-state index contributed by atoms with van der Waals surface area (Å²) in [5.41, 5.74) is 0. The molecule has 0 aromatic heterocycles. The Morgan fingerprint density at radius 3 is 2.38 bits per heavy atom. The van der Waals surface area contributed by atoms with Gasteiger partial charge < -0.3 is 5.11 Å². The summed E-state index contributed by atoms with van der Waals surface area (Å²) in [6, 6.07) is 0. The van der Waals surface area contributed by atoms with Crippen LogP contribution in [0.25, 0.3) is 0 Å². The van der Waals surface area contributed by atoms with Crippen LogP contribution in [0.3, 0.4) is 0 Å². The van der Waals surface area contributed by atoms with Crippen LogP contribution < -0.4 is 0 Å². The summed E-state index contributed by atoms with van der Waals surface area (Å²) in [5, 5.41) is 8.99. The van der Waals surface area contributed by atoms with E-state index in [9.17, 15) is 0 Å². The molecule has 1 aliphatic rings. The molecule has 0 spiro atoms. The van der Waals surface area contributed by atoms with Crippen LogP contribution in [0.4, 0.5) is 0 Å². The number of hydrogen-bond acceptors (Lipinski definition) is 1. The van der Waals surface area contributed by atoms with Gasteiger partial charge in [-0.2, -0.15) is 0 Å². The van der Waals surface area contributed by atoms with Gasteiger partial charge in [0.15, 0.2) is 0 Å². The van der Waals surface area contributed by atoms with Gasteiger partial charge in [-0.15, -0.1) is 0 Å². The molecule has 0 aliphatic heterocycles. The molecule has 0 heterocycles. The molecule has 0 unspecified atom stereocenters. The third kappa shape index (κ3) is 3.68. The molecule has 0 bridgehead atoms. The molecule has 0 aromatic rings. The molecule has 1 aliphatic carbocycles. The maximum Gasteiger partial charge on any atom is 0.0433 e. The maximum absolute atomic E-state index is 8.99. The topological polar surface area (TPSA) is 20.2 Å². The van der Waals surface area contributed by atoms with Gasteiger partial charge in [0.2, 0.25) is 0 Å². The maximum atomic E-state index is 8.99. The Hall–Kier alpha value is -0.0400. The fourth-order valence-electron chi connectivity index (χ4n) is 2.76. The van der Waals surface area contributed by atoms with Crippen molar-refractivity contribution in [2.24, 2.45) is 11.8 Å². The largest absolute Gasteiger partial charge is 0.396 e. The lowest BCUT2D eigenvalue weighted by atomic mass is 9.77. The van der Waals surface area contributed by atoms with Crippen molar-refractivity contribution in [3.8, 4) is 0 Å². The van der Waals surface area contributed by atoms with Gasteiger partial charge in [-0.05, 0) is 18.3 Å². The van der Waals surface area contributed by atoms with Crippen molar-refractivity contribution in [2.75, 3.05) is 6.61 Å². The van der Waals surface area contributed by atoms with Crippen LogP contribution in [0.5, 0.6) is 0 Å². The number of aliphatic hydroxyl groups excluding tert-OH is 1. The molecule has 1 nitrogen and oxygen atoms in total. The van der Waals surface area contributed by atoms with E-state index in [2.05, 4.69) is 6.92 Å². The molecular formula is C12H24O. The zero-order valence-corrected chi connectivity index (χ0v) is 8.97. The van der Waals surface area contributed by atoms with Gasteiger partial charge in [0.25, 0.3) is 0 Å². The first-order chi connectivity index (χ1) is 6.38. The zero-order valence-electron chi connectivity index (χ0n) is 8.97. The highest BCUT2D eigenvalue weighted by Crippen LogP contribution is 2.33. The molecular weight excluding hydrogens is 160 g/mol. The SMILES string of the molecule is CCC[C@H](CCO)C1CCCCC1. The second-order valence-electron chi connectivity index (χ2n) is 4.46. The minimum Gasteiger partial charge on any atom is -0.396 e. The molecule has 1 fully saturated rings. The summed E-state index contributed by atoms with van der Waals surface area (Å²) in [7, 11) is 0. The van der Waals surface area contributed by atoms with Crippen LogP contribution in [-0.2, 0) is 0 Å². The van der Waals surface area contributed by atoms with Crippen molar-refractivity contribution in [2.45, 2.75) is 58.3 Å². The van der Waals surface area contributed by atoms with E-state index in [1.165, 1.54) is 44.9 Å². The summed E-state index contributed by atoms with van der Waals surface area (Å²) < 4.78 is 0. The molecule has 1 atom stereocenters. The van der Waals surface area contributed by atoms with Crippen LogP contribution in [0.15, 0.2) is 0 Å². The Morgan fingerprint density at radius 2 is 1.85 bits per heavy atom. The van der Waals surface area contributed by atoms with Gasteiger partial charge in [-0.3, -0.25) is 0 Å². The molecule has 78 valence electrons. The second kappa shape index (κ2) is 6.42. The van der Waals surface area contributed by atoms with E-state index < -0.39 is 0 Å². The zero-order chi connectivity index (χ0) is 9.52. The van der Waals surface area contributed by atoms with Crippen molar-refractivity contribution in [1.82, 2.24) is 0 Å². The van der Waals surface area contributed by atoms with E-state index in [-0.39, 0.29) is 0 Å². The van der Waals surface area contributed by atoms with Crippen molar-refractivity contribution in [3.63, 3.8) is 0 Å². The first-order valence-corrected chi connectivity index (χ1v) is 5.99. The van der Waals surface area contributed by atoms with Crippen LogP contribution in [0.1, 0.15) is 58.3 Å². The second-order valence-corrected chi connectivity index (χ2v) is 4.46. The minimum absolute atomic E-state index is 0.390. The highest BCUT2D eigenvalue weighted by atomic mass is 16.3. The average Bonchev–Trinajstić information content (AvgIpc) is 2.19. The Labute approximate surface area is 82.5 Å². The Bertz CT molecular complexity index is 110. The molecule has 0 amide bonds. The Kier molecular flexibility index (Phi) is 5.45. The van der Waals surface area contributed by atoms with Crippen molar-refractivity contribution < 1.29 is 5.11 Å². The molecule has 1 rings (SSSR count). The quantitative estimate of drug-likeness (QED) is 0.694. The van der Waals surface area contributed by atoms with Crippen LogP contribution in [-0.4, -0.2) is 11.7 Å².